The summed E-state index contributed by atoms with van der Waals surface area (Å²) in [6.45, 7) is 0.297. The van der Waals surface area contributed by atoms with E-state index in [1.54, 1.807) is 0 Å². The van der Waals surface area contributed by atoms with Crippen LogP contribution in [0.2, 0.25) is 0 Å². The number of hydrogen-bond donors (Lipinski definition) is 0. The van der Waals surface area contributed by atoms with Crippen LogP contribution in [-0.4, -0.2) is 27.4 Å². The van der Waals surface area contributed by atoms with Crippen molar-refractivity contribution in [3.63, 3.8) is 0 Å². The fourth-order valence-corrected chi connectivity index (χ4v) is 7.36. The molecule has 200 valence electrons. The number of hydrogen-bond acceptors (Lipinski definition) is 3. The largest absolute Gasteiger partial charge is 0.270 e. The van der Waals surface area contributed by atoms with Gasteiger partial charge in [-0.05, 0) is 48.7 Å². The minimum Gasteiger partial charge on any atom is -0.270 e. The highest BCUT2D eigenvalue weighted by atomic mass is 32.2. The average Bonchev–Trinajstić information content (AvgIpc) is 2.96. The SMILES string of the molecule is CS(=O)(=O)OCCCCCCP(c1ccccc1)c1ccccc1.PC(c1ccccc1)c1ccccc1. The molecule has 38 heavy (non-hydrogen) atoms. The Labute approximate surface area is 232 Å². The molecule has 0 aliphatic rings. The van der Waals surface area contributed by atoms with Gasteiger partial charge in [0.05, 0.1) is 12.9 Å². The molecule has 4 rings (SSSR count). The first kappa shape index (κ1) is 30.2. The van der Waals surface area contributed by atoms with Gasteiger partial charge >= 0.3 is 0 Å². The summed E-state index contributed by atoms with van der Waals surface area (Å²) >= 11 is 0. The molecule has 0 aliphatic heterocycles. The number of benzene rings is 4. The van der Waals surface area contributed by atoms with Crippen molar-refractivity contribution in [3.05, 3.63) is 132 Å². The van der Waals surface area contributed by atoms with Crippen LogP contribution in [0.15, 0.2) is 121 Å². The van der Waals surface area contributed by atoms with Gasteiger partial charge in [-0.15, -0.1) is 9.24 Å². The Morgan fingerprint density at radius 1 is 0.632 bits per heavy atom. The van der Waals surface area contributed by atoms with Crippen LogP contribution in [0.25, 0.3) is 0 Å². The van der Waals surface area contributed by atoms with E-state index in [0.717, 1.165) is 38.1 Å². The highest BCUT2D eigenvalue weighted by Gasteiger charge is 2.12. The molecule has 0 aromatic heterocycles. The summed E-state index contributed by atoms with van der Waals surface area (Å²) in [6.07, 6.45) is 6.31. The molecule has 4 aromatic carbocycles. The minimum absolute atomic E-state index is 0.297. The van der Waals surface area contributed by atoms with E-state index in [4.69, 9.17) is 4.18 Å². The molecule has 0 saturated heterocycles. The lowest BCUT2D eigenvalue weighted by atomic mass is 10.0. The maximum atomic E-state index is 10.9. The monoisotopic (exact) mass is 564 g/mol. The fourth-order valence-electron chi connectivity index (χ4n) is 4.07. The van der Waals surface area contributed by atoms with Crippen LogP contribution in [0.4, 0.5) is 0 Å². The van der Waals surface area contributed by atoms with Gasteiger partial charge in [0.15, 0.2) is 0 Å². The van der Waals surface area contributed by atoms with Crippen LogP contribution >= 0.6 is 17.2 Å². The predicted octanol–water partition coefficient (Wildman–Crippen LogP) is 7.31. The lowest BCUT2D eigenvalue weighted by Crippen LogP contribution is -2.13. The summed E-state index contributed by atoms with van der Waals surface area (Å²) in [6, 6.07) is 42.5. The van der Waals surface area contributed by atoms with Gasteiger partial charge in [-0.2, -0.15) is 8.42 Å². The van der Waals surface area contributed by atoms with Crippen molar-refractivity contribution in [3.8, 4) is 0 Å². The quantitative estimate of drug-likeness (QED) is 0.103. The van der Waals surface area contributed by atoms with Crippen LogP contribution < -0.4 is 10.6 Å². The maximum absolute atomic E-state index is 10.9. The predicted molar refractivity (Wildman–Crippen MR) is 168 cm³/mol. The van der Waals surface area contributed by atoms with E-state index >= 15 is 0 Å². The zero-order chi connectivity index (χ0) is 27.1. The van der Waals surface area contributed by atoms with Crippen LogP contribution in [0, 0.1) is 0 Å². The first-order valence-corrected chi connectivity index (χ1v) is 17.0. The second-order valence-corrected chi connectivity index (χ2v) is 13.7. The van der Waals surface area contributed by atoms with Crippen LogP contribution in [0.3, 0.4) is 0 Å². The summed E-state index contributed by atoms with van der Waals surface area (Å²) in [7, 11) is -0.734. The van der Waals surface area contributed by atoms with Crippen molar-refractivity contribution >= 4 is 37.9 Å². The van der Waals surface area contributed by atoms with E-state index in [2.05, 4.69) is 118 Å². The van der Waals surface area contributed by atoms with Gasteiger partial charge in [0.1, 0.15) is 0 Å². The summed E-state index contributed by atoms with van der Waals surface area (Å²) in [5, 5.41) is 2.83. The average molecular weight is 565 g/mol. The van der Waals surface area contributed by atoms with Gasteiger partial charge in [0, 0.05) is 5.66 Å². The zero-order valence-electron chi connectivity index (χ0n) is 22.0. The van der Waals surface area contributed by atoms with Crippen molar-refractivity contribution in [1.29, 1.82) is 0 Å². The van der Waals surface area contributed by atoms with Crippen LogP contribution in [0.1, 0.15) is 42.5 Å². The Bertz CT molecular complexity index is 1190. The highest BCUT2D eigenvalue weighted by molar-refractivity contribution is 7.86. The fraction of sp³-hybridized carbons (Fsp3) is 0.250. The molecule has 0 bridgehead atoms. The third kappa shape index (κ3) is 11.2. The smallest absolute Gasteiger partial charge is 0.264 e. The molecule has 0 amide bonds. The molecular weight excluding hydrogens is 526 g/mol. The van der Waals surface area contributed by atoms with E-state index in [1.807, 2.05) is 12.1 Å². The molecule has 4 aromatic rings. The molecule has 1 atom stereocenters. The van der Waals surface area contributed by atoms with E-state index in [-0.39, 0.29) is 7.92 Å². The lowest BCUT2D eigenvalue weighted by molar-refractivity contribution is 0.310. The molecule has 0 radical (unpaired) electrons. The summed E-state index contributed by atoms with van der Waals surface area (Å²) in [5.41, 5.74) is 3.07. The molecule has 0 saturated carbocycles. The van der Waals surface area contributed by atoms with Crippen molar-refractivity contribution in [1.82, 2.24) is 0 Å². The molecule has 1 unspecified atom stereocenters. The van der Waals surface area contributed by atoms with Gasteiger partial charge in [-0.25, -0.2) is 0 Å². The van der Waals surface area contributed by atoms with Gasteiger partial charge in [-0.3, -0.25) is 4.18 Å². The Balaban J connectivity index is 0.000000241. The number of unbranched alkanes of at least 4 members (excludes halogenated alkanes) is 3. The minimum atomic E-state index is -3.30. The van der Waals surface area contributed by atoms with Crippen LogP contribution in [0.5, 0.6) is 0 Å². The van der Waals surface area contributed by atoms with E-state index in [9.17, 15) is 8.42 Å². The molecule has 0 N–H and O–H groups in total. The zero-order valence-corrected chi connectivity index (χ0v) is 24.9. The first-order valence-electron chi connectivity index (χ1n) is 13.0. The Morgan fingerprint density at radius 2 is 1.03 bits per heavy atom. The lowest BCUT2D eigenvalue weighted by Gasteiger charge is -2.18. The molecule has 0 aliphatic carbocycles. The number of rotatable bonds is 12. The molecule has 6 heteroatoms. The molecular formula is C32H38O3P2S. The van der Waals surface area contributed by atoms with Crippen molar-refractivity contribution in [2.24, 2.45) is 0 Å². The molecule has 3 nitrogen and oxygen atoms in total. The molecule has 0 fully saturated rings. The van der Waals surface area contributed by atoms with Crippen molar-refractivity contribution < 1.29 is 12.6 Å². The maximum Gasteiger partial charge on any atom is 0.264 e. The normalized spacial score (nSPS) is 11.3. The first-order chi connectivity index (χ1) is 18.4. The van der Waals surface area contributed by atoms with Gasteiger partial charge in [-0.1, -0.05) is 134 Å². The Morgan fingerprint density at radius 3 is 1.45 bits per heavy atom. The van der Waals surface area contributed by atoms with E-state index < -0.39 is 10.1 Å². The summed E-state index contributed by atoms with van der Waals surface area (Å²) < 4.78 is 26.6. The van der Waals surface area contributed by atoms with Gasteiger partial charge in [0.25, 0.3) is 10.1 Å². The Kier molecular flexibility index (Phi) is 13.2. The van der Waals surface area contributed by atoms with E-state index in [1.165, 1.54) is 21.7 Å². The van der Waals surface area contributed by atoms with E-state index in [0.29, 0.717) is 12.3 Å². The Hall–Kier alpha value is -2.35. The molecule has 0 spiro atoms. The van der Waals surface area contributed by atoms with Gasteiger partial charge < -0.3 is 0 Å². The second-order valence-electron chi connectivity index (χ2n) is 9.06. The summed E-state index contributed by atoms with van der Waals surface area (Å²) in [5.74, 6) is 0. The topological polar surface area (TPSA) is 43.4 Å². The van der Waals surface area contributed by atoms with Gasteiger partial charge in [0.2, 0.25) is 0 Å². The molecule has 0 heterocycles. The standard InChI is InChI=1S/C19H25O3PS.C13H13P/c1-24(20,21)22-16-10-2-3-11-17-23(18-12-6-4-7-13-18)19-14-8-5-9-15-19;14-13(11-7-3-1-4-8-11)12-9-5-2-6-10-12/h4-9,12-15H,2-3,10-11,16-17H2,1H3;1-10,13H,14H2. The third-order valence-corrected chi connectivity index (χ3v) is 10.00. The van der Waals surface area contributed by atoms with Crippen molar-refractivity contribution in [2.45, 2.75) is 31.3 Å². The van der Waals surface area contributed by atoms with Crippen LogP contribution in [-0.2, 0) is 14.3 Å². The third-order valence-electron chi connectivity index (χ3n) is 6.03. The highest BCUT2D eigenvalue weighted by Crippen LogP contribution is 2.34. The summed E-state index contributed by atoms with van der Waals surface area (Å²) in [4.78, 5) is 0. The van der Waals surface area contributed by atoms with Crippen molar-refractivity contribution in [2.75, 3.05) is 19.0 Å². The second kappa shape index (κ2) is 16.6.